The summed E-state index contributed by atoms with van der Waals surface area (Å²) in [6.45, 7) is 5.45. The Balaban J connectivity index is 0. The summed E-state index contributed by atoms with van der Waals surface area (Å²) in [5, 5.41) is 0. The number of nitrogens with zero attached hydrogens (tertiary/aromatic N) is 1. The van der Waals surface area contributed by atoms with Gasteiger partial charge in [-0.25, -0.2) is 4.89 Å². The van der Waals surface area contributed by atoms with Crippen molar-refractivity contribution in [3.8, 4) is 0 Å². The first-order chi connectivity index (χ1) is 16.3. The largest absolute Gasteiger partial charge is 0.870 e. The van der Waals surface area contributed by atoms with Crippen LogP contribution in [0.1, 0.15) is 123 Å². The van der Waals surface area contributed by atoms with Gasteiger partial charge in [0, 0.05) is 0 Å². The van der Waals surface area contributed by atoms with Crippen molar-refractivity contribution in [2.24, 2.45) is 0 Å². The second-order valence-corrected chi connectivity index (χ2v) is 13.0. The molecule has 214 valence electrons. The van der Waals surface area contributed by atoms with Crippen LogP contribution in [0.2, 0.25) is 0 Å². The maximum atomic E-state index is 11.7. The molecule has 35 heavy (non-hydrogen) atoms. The van der Waals surface area contributed by atoms with E-state index in [1.807, 2.05) is 18.7 Å². The van der Waals surface area contributed by atoms with Crippen LogP contribution < -0.4 is 0 Å². The van der Waals surface area contributed by atoms with Crippen molar-refractivity contribution >= 4 is 20.0 Å². The van der Waals surface area contributed by atoms with E-state index >= 15 is 0 Å². The Morgan fingerprint density at radius 3 is 1.60 bits per heavy atom. The number of likely N-dealkylation sites (N-methyl/N-ethyl adjacent to an activating group) is 1. The molecule has 0 aromatic carbocycles. The third kappa shape index (κ3) is 32.4. The summed E-state index contributed by atoms with van der Waals surface area (Å²) in [6, 6.07) is 0. The average molecular weight is 542 g/mol. The summed E-state index contributed by atoms with van der Waals surface area (Å²) in [7, 11) is 3.69. The standard InChI is InChI=1S/C27H59NO4PS.H2O/c1-6-7-8-9-10-11-12-13-14-15-16-17-18-19-20-21-24-34-25-22-23-30-33(29)32-31-27(2)26-28(3,4)5;/h27,33H,6-26H2,1-5H3;1H2/q+1;/p-1. The maximum Gasteiger partial charge on any atom is 0.347 e. The van der Waals surface area contributed by atoms with Gasteiger partial charge in [-0.15, -0.1) is 0 Å². The summed E-state index contributed by atoms with van der Waals surface area (Å²) in [4.78, 5) is 5.16. The van der Waals surface area contributed by atoms with Crippen LogP contribution in [0.5, 0.6) is 0 Å². The number of thioether (sulfide) groups is 1. The van der Waals surface area contributed by atoms with E-state index < -0.39 is 8.25 Å². The lowest BCUT2D eigenvalue weighted by atomic mass is 10.0. The van der Waals surface area contributed by atoms with Crippen LogP contribution in [0.4, 0.5) is 0 Å². The number of hydrogen-bond acceptors (Lipinski definition) is 6. The van der Waals surface area contributed by atoms with Crippen molar-refractivity contribution in [1.82, 2.24) is 0 Å². The molecule has 0 aliphatic rings. The molecule has 0 rings (SSSR count). The van der Waals surface area contributed by atoms with E-state index in [1.54, 1.807) is 0 Å². The molecule has 0 aromatic heterocycles. The van der Waals surface area contributed by atoms with Crippen molar-refractivity contribution < 1.29 is 28.6 Å². The first kappa shape index (κ1) is 37.5. The molecule has 6 nitrogen and oxygen atoms in total. The van der Waals surface area contributed by atoms with Crippen molar-refractivity contribution in [3.63, 3.8) is 0 Å². The summed E-state index contributed by atoms with van der Waals surface area (Å²) in [5.41, 5.74) is 0. The van der Waals surface area contributed by atoms with Gasteiger partial charge in [0.05, 0.1) is 27.7 Å². The first-order valence-corrected chi connectivity index (χ1v) is 16.6. The molecule has 8 heteroatoms. The maximum absolute atomic E-state index is 11.7. The van der Waals surface area contributed by atoms with Crippen molar-refractivity contribution in [1.29, 1.82) is 0 Å². The predicted octanol–water partition coefficient (Wildman–Crippen LogP) is 8.64. The smallest absolute Gasteiger partial charge is 0.347 e. The van der Waals surface area contributed by atoms with Crippen LogP contribution in [-0.4, -0.2) is 61.9 Å². The Kier molecular flexibility index (Phi) is 29.4. The van der Waals surface area contributed by atoms with E-state index in [0.717, 1.165) is 23.2 Å². The lowest BCUT2D eigenvalue weighted by Gasteiger charge is -2.26. The summed E-state index contributed by atoms with van der Waals surface area (Å²) >= 11 is 1.97. The highest BCUT2D eigenvalue weighted by Crippen LogP contribution is 2.25. The van der Waals surface area contributed by atoms with Crippen molar-refractivity contribution in [2.75, 3.05) is 45.8 Å². The van der Waals surface area contributed by atoms with Crippen LogP contribution in [0.15, 0.2) is 0 Å². The molecule has 0 bridgehead atoms. The second kappa shape index (κ2) is 27.4. The molecular formula is C27H60NO5PS. The van der Waals surface area contributed by atoms with Crippen molar-refractivity contribution in [2.45, 2.75) is 129 Å². The fraction of sp³-hybridized carbons (Fsp3) is 1.00. The summed E-state index contributed by atoms with van der Waals surface area (Å²) < 4.78 is 22.6. The molecule has 0 radical (unpaired) electrons. The van der Waals surface area contributed by atoms with E-state index in [0.29, 0.717) is 6.61 Å². The van der Waals surface area contributed by atoms with Gasteiger partial charge in [-0.3, -0.25) is 4.57 Å². The van der Waals surface area contributed by atoms with E-state index in [4.69, 9.17) is 14.1 Å². The predicted molar refractivity (Wildman–Crippen MR) is 153 cm³/mol. The molecule has 0 heterocycles. The topological polar surface area (TPSA) is 74.8 Å². The second-order valence-electron chi connectivity index (χ2n) is 10.8. The van der Waals surface area contributed by atoms with Gasteiger partial charge < -0.3 is 14.5 Å². The minimum absolute atomic E-state index is 0. The van der Waals surface area contributed by atoms with Crippen LogP contribution in [-0.2, 0) is 18.7 Å². The minimum Gasteiger partial charge on any atom is -0.870 e. The Hall–Kier alpha value is 0.380. The Morgan fingerprint density at radius 1 is 0.714 bits per heavy atom. The SMILES string of the molecule is CCCCCCCCCCCCCCCCCCSCCCO[PH](=O)OOC(C)C[N+](C)(C)C.[OH-]. The van der Waals surface area contributed by atoms with Gasteiger partial charge in [0.2, 0.25) is 0 Å². The van der Waals surface area contributed by atoms with Crippen LogP contribution in [0, 0.1) is 0 Å². The minimum atomic E-state index is -2.55. The Bertz CT molecular complexity index is 452. The monoisotopic (exact) mass is 541 g/mol. The zero-order chi connectivity index (χ0) is 25.3. The molecule has 0 saturated carbocycles. The van der Waals surface area contributed by atoms with E-state index in [-0.39, 0.29) is 11.6 Å². The number of hydrogen-bond donors (Lipinski definition) is 0. The molecule has 0 amide bonds. The molecule has 0 spiro atoms. The highest BCUT2D eigenvalue weighted by atomic mass is 32.2. The number of rotatable bonds is 27. The molecule has 1 N–H and O–H groups in total. The first-order valence-electron chi connectivity index (χ1n) is 14.2. The summed E-state index contributed by atoms with van der Waals surface area (Å²) in [6.07, 6.45) is 23.4. The quantitative estimate of drug-likeness (QED) is 0.0340. The normalized spacial score (nSPS) is 13.5. The average Bonchev–Trinajstić information content (AvgIpc) is 2.77. The zero-order valence-corrected chi connectivity index (χ0v) is 25.7. The Labute approximate surface area is 223 Å². The van der Waals surface area contributed by atoms with Crippen LogP contribution in [0.3, 0.4) is 0 Å². The van der Waals surface area contributed by atoms with Crippen LogP contribution >= 0.6 is 20.0 Å². The van der Waals surface area contributed by atoms with Crippen molar-refractivity contribution in [3.05, 3.63) is 0 Å². The van der Waals surface area contributed by atoms with Gasteiger partial charge in [0.15, 0.2) is 0 Å². The van der Waals surface area contributed by atoms with Gasteiger partial charge in [-0.1, -0.05) is 103 Å². The Morgan fingerprint density at radius 2 is 1.14 bits per heavy atom. The van der Waals surface area contributed by atoms with Gasteiger partial charge >= 0.3 is 8.25 Å². The van der Waals surface area contributed by atoms with Gasteiger partial charge in [-0.05, 0) is 31.3 Å². The molecule has 0 fully saturated rings. The van der Waals surface area contributed by atoms with E-state index in [9.17, 15) is 4.57 Å². The van der Waals surface area contributed by atoms with Gasteiger partial charge in [-0.2, -0.15) is 16.4 Å². The molecule has 0 saturated heterocycles. The number of unbranched alkanes of at least 4 members (excludes halogenated alkanes) is 15. The molecule has 0 aliphatic heterocycles. The fourth-order valence-corrected chi connectivity index (χ4v) is 5.65. The molecular weight excluding hydrogens is 481 g/mol. The van der Waals surface area contributed by atoms with Gasteiger partial charge in [0.1, 0.15) is 12.6 Å². The zero-order valence-electron chi connectivity index (χ0n) is 23.9. The van der Waals surface area contributed by atoms with Crippen LogP contribution in [0.25, 0.3) is 0 Å². The molecule has 0 aromatic rings. The third-order valence-electron chi connectivity index (χ3n) is 5.88. The third-order valence-corrected chi connectivity index (χ3v) is 7.71. The van der Waals surface area contributed by atoms with E-state index in [1.165, 1.54) is 108 Å². The highest BCUT2D eigenvalue weighted by Gasteiger charge is 2.16. The lowest BCUT2D eigenvalue weighted by Crippen LogP contribution is -2.41. The molecule has 2 unspecified atom stereocenters. The summed E-state index contributed by atoms with van der Waals surface area (Å²) in [5.74, 6) is 2.27. The molecule has 0 aliphatic carbocycles. The number of quaternary nitrogens is 1. The molecule has 2 atom stereocenters. The highest BCUT2D eigenvalue weighted by molar-refractivity contribution is 7.99. The van der Waals surface area contributed by atoms with E-state index in [2.05, 4.69) is 28.1 Å². The lowest BCUT2D eigenvalue weighted by molar-refractivity contribution is -0.874. The van der Waals surface area contributed by atoms with Gasteiger partial charge in [0.25, 0.3) is 0 Å². The fourth-order valence-electron chi connectivity index (χ4n) is 4.12.